The Morgan fingerprint density at radius 1 is 1.58 bits per heavy atom. The Hall–Kier alpha value is -0.441. The molecule has 12 heavy (non-hydrogen) atoms. The Morgan fingerprint density at radius 3 is 3.33 bits per heavy atom. The van der Waals surface area contributed by atoms with Crippen molar-refractivity contribution in [2.75, 3.05) is 6.61 Å². The molecule has 0 amide bonds. The zero-order valence-corrected chi connectivity index (χ0v) is 9.14. The van der Waals surface area contributed by atoms with E-state index in [4.69, 9.17) is 4.74 Å². The SMILES string of the molecule is CCOc1ccc2n[se][s+]c2c1. The third-order valence-electron chi connectivity index (χ3n) is 1.50. The maximum absolute atomic E-state index is 5.38. The molecule has 0 saturated heterocycles. The molecule has 0 fully saturated rings. The van der Waals surface area contributed by atoms with Crippen molar-refractivity contribution < 1.29 is 4.74 Å². The van der Waals surface area contributed by atoms with Gasteiger partial charge in [0, 0.05) is 0 Å². The summed E-state index contributed by atoms with van der Waals surface area (Å²) in [5, 5.41) is 0. The van der Waals surface area contributed by atoms with Crippen molar-refractivity contribution in [1.82, 2.24) is 3.98 Å². The molecule has 2 nitrogen and oxygen atoms in total. The topological polar surface area (TPSA) is 22.1 Å². The van der Waals surface area contributed by atoms with Crippen LogP contribution in [0.2, 0.25) is 0 Å². The quantitative estimate of drug-likeness (QED) is 0.596. The van der Waals surface area contributed by atoms with Gasteiger partial charge in [-0.2, -0.15) is 0 Å². The molecule has 0 spiro atoms. The van der Waals surface area contributed by atoms with Crippen LogP contribution in [0, 0.1) is 0 Å². The Kier molecular flexibility index (Phi) is 2.40. The zero-order valence-electron chi connectivity index (χ0n) is 6.61. The first-order valence-electron chi connectivity index (χ1n) is 3.71. The summed E-state index contributed by atoms with van der Waals surface area (Å²) in [6.07, 6.45) is 0. The van der Waals surface area contributed by atoms with Crippen molar-refractivity contribution in [3.05, 3.63) is 18.2 Å². The van der Waals surface area contributed by atoms with Crippen molar-refractivity contribution in [2.45, 2.75) is 6.92 Å². The Labute approximate surface area is 79.8 Å². The van der Waals surface area contributed by atoms with Crippen LogP contribution in [-0.2, 0) is 0 Å². The summed E-state index contributed by atoms with van der Waals surface area (Å²) in [6.45, 7) is 2.72. The minimum absolute atomic E-state index is 0.354. The van der Waals surface area contributed by atoms with Crippen LogP contribution < -0.4 is 4.74 Å². The van der Waals surface area contributed by atoms with Gasteiger partial charge in [0.1, 0.15) is 0 Å². The molecule has 0 aliphatic heterocycles. The number of fused-ring (bicyclic) bond motifs is 1. The van der Waals surface area contributed by atoms with Gasteiger partial charge in [-0.1, -0.05) is 0 Å². The Bertz CT molecular complexity index is 387. The van der Waals surface area contributed by atoms with Crippen LogP contribution in [0.3, 0.4) is 0 Å². The van der Waals surface area contributed by atoms with Gasteiger partial charge in [0.15, 0.2) is 0 Å². The molecule has 0 aliphatic carbocycles. The van der Waals surface area contributed by atoms with Gasteiger partial charge in [0.05, 0.1) is 0 Å². The van der Waals surface area contributed by atoms with Crippen molar-refractivity contribution >= 4 is 33.5 Å². The molecule has 2 rings (SSSR count). The van der Waals surface area contributed by atoms with Crippen LogP contribution in [0.1, 0.15) is 6.92 Å². The first kappa shape index (κ1) is 8.17. The van der Waals surface area contributed by atoms with Crippen molar-refractivity contribution in [3.63, 3.8) is 0 Å². The van der Waals surface area contributed by atoms with Crippen LogP contribution >= 0.6 is 9.72 Å². The van der Waals surface area contributed by atoms with Gasteiger partial charge < -0.3 is 0 Å². The molecule has 0 saturated carbocycles. The number of hydrogen-bond donors (Lipinski definition) is 0. The summed E-state index contributed by atoms with van der Waals surface area (Å²) in [6, 6.07) is 6.08. The molecule has 0 aliphatic rings. The number of benzene rings is 1. The van der Waals surface area contributed by atoms with E-state index in [0.717, 1.165) is 17.9 Å². The van der Waals surface area contributed by atoms with E-state index in [9.17, 15) is 0 Å². The van der Waals surface area contributed by atoms with E-state index >= 15 is 0 Å². The van der Waals surface area contributed by atoms with Crippen LogP contribution in [-0.4, -0.2) is 24.2 Å². The molecule has 4 heteroatoms. The molecule has 2 aromatic rings. The van der Waals surface area contributed by atoms with Gasteiger partial charge in [-0.05, 0) is 0 Å². The molecule has 0 N–H and O–H groups in total. The van der Waals surface area contributed by atoms with Gasteiger partial charge >= 0.3 is 79.7 Å². The average Bonchev–Trinajstić information content (AvgIpc) is 2.51. The maximum atomic E-state index is 5.38. The molecular formula is C8H8NOSSe+. The van der Waals surface area contributed by atoms with E-state index in [0.29, 0.717) is 13.6 Å². The van der Waals surface area contributed by atoms with Gasteiger partial charge in [-0.3, -0.25) is 0 Å². The number of hydrogen-bond acceptors (Lipinski definition) is 2. The number of nitrogens with zero attached hydrogens (tertiary/aromatic N) is 1. The van der Waals surface area contributed by atoms with Crippen molar-refractivity contribution in [3.8, 4) is 5.75 Å². The Morgan fingerprint density at radius 2 is 2.50 bits per heavy atom. The summed E-state index contributed by atoms with van der Waals surface area (Å²) < 4.78 is 11.0. The fourth-order valence-electron chi connectivity index (χ4n) is 0.992. The fourth-order valence-corrected chi connectivity index (χ4v) is 4.10. The third-order valence-corrected chi connectivity index (χ3v) is 4.64. The first-order valence-corrected chi connectivity index (χ1v) is 7.32. The van der Waals surface area contributed by atoms with Crippen LogP contribution in [0.15, 0.2) is 18.2 Å². The number of aromatic nitrogens is 1. The normalized spacial score (nSPS) is 10.4. The second kappa shape index (κ2) is 3.52. The number of rotatable bonds is 2. The molecule has 1 heterocycles. The summed E-state index contributed by atoms with van der Waals surface area (Å²) in [4.78, 5) is 0. The van der Waals surface area contributed by atoms with Crippen LogP contribution in [0.4, 0.5) is 0 Å². The van der Waals surface area contributed by atoms with E-state index in [-0.39, 0.29) is 0 Å². The molecule has 0 unspecified atom stereocenters. The van der Waals surface area contributed by atoms with Crippen molar-refractivity contribution in [2.24, 2.45) is 0 Å². The van der Waals surface area contributed by atoms with E-state index < -0.39 is 0 Å². The summed E-state index contributed by atoms with van der Waals surface area (Å²) in [5.41, 5.74) is 1.13. The molecule has 62 valence electrons. The standard InChI is InChI=1S/C8H8NOSSe/c1-2-10-6-3-4-7-8(5-6)11-12-9-7/h3-5H,2H2,1H3/q+1. The summed E-state index contributed by atoms with van der Waals surface area (Å²) >= 11 is 0.354. The summed E-state index contributed by atoms with van der Waals surface area (Å²) in [5.74, 6) is 0.955. The third kappa shape index (κ3) is 1.51. The van der Waals surface area contributed by atoms with Gasteiger partial charge in [0.2, 0.25) is 0 Å². The molecule has 1 aromatic carbocycles. The number of ether oxygens (including phenoxy) is 1. The van der Waals surface area contributed by atoms with E-state index in [1.807, 2.05) is 28.8 Å². The average molecular weight is 245 g/mol. The molecule has 0 atom stereocenters. The van der Waals surface area contributed by atoms with E-state index in [2.05, 4.69) is 10.0 Å². The zero-order chi connectivity index (χ0) is 8.39. The molecular weight excluding hydrogens is 237 g/mol. The second-order valence-corrected chi connectivity index (χ2v) is 5.44. The first-order chi connectivity index (χ1) is 5.90. The minimum atomic E-state index is 0.354. The van der Waals surface area contributed by atoms with E-state index in [1.165, 1.54) is 4.70 Å². The predicted octanol–water partition coefficient (Wildman–Crippen LogP) is 2.03. The van der Waals surface area contributed by atoms with Gasteiger partial charge in [-0.25, -0.2) is 0 Å². The monoisotopic (exact) mass is 246 g/mol. The van der Waals surface area contributed by atoms with Gasteiger partial charge in [-0.15, -0.1) is 0 Å². The van der Waals surface area contributed by atoms with Crippen LogP contribution in [0.5, 0.6) is 5.75 Å². The fraction of sp³-hybridized carbons (Fsp3) is 0.250. The molecule has 1 aromatic heterocycles. The second-order valence-electron chi connectivity index (χ2n) is 2.31. The van der Waals surface area contributed by atoms with Crippen molar-refractivity contribution in [1.29, 1.82) is 0 Å². The van der Waals surface area contributed by atoms with E-state index in [1.54, 1.807) is 0 Å². The van der Waals surface area contributed by atoms with Crippen LogP contribution in [0.25, 0.3) is 10.2 Å². The van der Waals surface area contributed by atoms with Gasteiger partial charge in [0.25, 0.3) is 0 Å². The summed E-state index contributed by atoms with van der Waals surface area (Å²) in [7, 11) is 1.82. The molecule has 0 bridgehead atoms. The Balaban J connectivity index is 2.46. The predicted molar refractivity (Wildman–Crippen MR) is 52.1 cm³/mol. The molecule has 0 radical (unpaired) electrons.